The van der Waals surface area contributed by atoms with Crippen LogP contribution in [0.4, 0.5) is 13.2 Å². The molecule has 0 aliphatic rings. The zero-order chi connectivity index (χ0) is 22.1. The van der Waals surface area contributed by atoms with E-state index in [2.05, 4.69) is 20.3 Å². The Kier molecular flexibility index (Phi) is 4.93. The van der Waals surface area contributed by atoms with Crippen LogP contribution in [0.2, 0.25) is 0 Å². The van der Waals surface area contributed by atoms with Crippen molar-refractivity contribution in [1.82, 2.24) is 25.0 Å². The quantitative estimate of drug-likeness (QED) is 0.387. The van der Waals surface area contributed by atoms with E-state index in [0.717, 1.165) is 16.5 Å². The number of benzene rings is 2. The van der Waals surface area contributed by atoms with E-state index in [4.69, 9.17) is 4.74 Å². The molecule has 0 N–H and O–H groups in total. The maximum Gasteiger partial charge on any atom is 0.422 e. The molecule has 0 aliphatic carbocycles. The Morgan fingerprint density at radius 3 is 2.66 bits per heavy atom. The fourth-order valence-corrected chi connectivity index (χ4v) is 3.43. The molecule has 0 saturated heterocycles. The van der Waals surface area contributed by atoms with Gasteiger partial charge in [0.25, 0.3) is 0 Å². The Bertz CT molecular complexity index is 1410. The number of hydrogen-bond donors (Lipinski definition) is 0. The van der Waals surface area contributed by atoms with Crippen molar-refractivity contribution in [3.05, 3.63) is 78.5 Å². The molecular formula is C23H16F3N5O. The molecule has 3 heterocycles. The third kappa shape index (κ3) is 4.22. The lowest BCUT2D eigenvalue weighted by atomic mass is 10.1. The maximum absolute atomic E-state index is 12.5. The van der Waals surface area contributed by atoms with Crippen LogP contribution in [-0.2, 0) is 6.54 Å². The van der Waals surface area contributed by atoms with Gasteiger partial charge in [0.05, 0.1) is 17.8 Å². The number of ether oxygens (including phenoxy) is 1. The Hall–Kier alpha value is -4.01. The summed E-state index contributed by atoms with van der Waals surface area (Å²) in [6.45, 7) is -0.882. The molecule has 2 aromatic carbocycles. The van der Waals surface area contributed by atoms with E-state index >= 15 is 0 Å². The van der Waals surface area contributed by atoms with E-state index < -0.39 is 12.8 Å². The summed E-state index contributed by atoms with van der Waals surface area (Å²) in [5, 5.41) is 9.42. The van der Waals surface area contributed by atoms with Crippen molar-refractivity contribution in [2.75, 3.05) is 6.61 Å². The second-order valence-electron chi connectivity index (χ2n) is 7.25. The Balaban J connectivity index is 1.45. The fraction of sp³-hybridized carbons (Fsp3) is 0.130. The van der Waals surface area contributed by atoms with Crippen molar-refractivity contribution in [2.45, 2.75) is 12.7 Å². The summed E-state index contributed by atoms with van der Waals surface area (Å²) in [6, 6.07) is 19.8. The van der Waals surface area contributed by atoms with Crippen molar-refractivity contribution < 1.29 is 17.9 Å². The molecular weight excluding hydrogens is 419 g/mol. The Morgan fingerprint density at radius 1 is 0.906 bits per heavy atom. The second-order valence-corrected chi connectivity index (χ2v) is 7.25. The summed E-state index contributed by atoms with van der Waals surface area (Å²) in [7, 11) is 0. The lowest BCUT2D eigenvalue weighted by Crippen LogP contribution is -2.19. The van der Waals surface area contributed by atoms with Crippen LogP contribution in [0.1, 0.15) is 5.56 Å². The molecule has 160 valence electrons. The summed E-state index contributed by atoms with van der Waals surface area (Å²) in [4.78, 5) is 8.99. The largest absolute Gasteiger partial charge is 0.484 e. The van der Waals surface area contributed by atoms with Gasteiger partial charge in [-0.3, -0.25) is 4.98 Å². The van der Waals surface area contributed by atoms with Gasteiger partial charge in [-0.2, -0.15) is 13.2 Å². The average Bonchev–Trinajstić information content (AvgIpc) is 3.19. The van der Waals surface area contributed by atoms with Gasteiger partial charge in [0.1, 0.15) is 11.3 Å². The highest BCUT2D eigenvalue weighted by molar-refractivity contribution is 5.79. The van der Waals surface area contributed by atoms with E-state index in [1.54, 1.807) is 35.1 Å². The minimum absolute atomic E-state index is 0.123. The average molecular weight is 435 g/mol. The van der Waals surface area contributed by atoms with E-state index in [0.29, 0.717) is 29.0 Å². The molecule has 0 radical (unpaired) electrons. The van der Waals surface area contributed by atoms with Gasteiger partial charge < -0.3 is 4.74 Å². The maximum atomic E-state index is 12.5. The highest BCUT2D eigenvalue weighted by Gasteiger charge is 2.28. The van der Waals surface area contributed by atoms with Crippen molar-refractivity contribution in [1.29, 1.82) is 0 Å². The lowest BCUT2D eigenvalue weighted by molar-refractivity contribution is -0.153. The van der Waals surface area contributed by atoms with E-state index in [1.165, 1.54) is 12.1 Å². The molecule has 3 aromatic heterocycles. The van der Waals surface area contributed by atoms with Gasteiger partial charge in [-0.15, -0.1) is 5.10 Å². The fourth-order valence-electron chi connectivity index (χ4n) is 3.43. The van der Waals surface area contributed by atoms with Crippen LogP contribution in [-0.4, -0.2) is 37.7 Å². The Morgan fingerprint density at radius 2 is 1.78 bits per heavy atom. The molecule has 0 fully saturated rings. The predicted molar refractivity (Wildman–Crippen MR) is 113 cm³/mol. The molecule has 0 spiro atoms. The smallest absolute Gasteiger partial charge is 0.422 e. The third-order valence-corrected chi connectivity index (χ3v) is 4.89. The molecule has 5 aromatic rings. The summed E-state index contributed by atoms with van der Waals surface area (Å²) in [5.41, 5.74) is 4.35. The molecule has 0 bridgehead atoms. The highest BCUT2D eigenvalue weighted by atomic mass is 19.4. The van der Waals surface area contributed by atoms with E-state index in [-0.39, 0.29) is 5.75 Å². The van der Waals surface area contributed by atoms with Crippen molar-refractivity contribution >= 4 is 22.1 Å². The van der Waals surface area contributed by atoms with E-state index in [9.17, 15) is 13.2 Å². The predicted octanol–water partition coefficient (Wildman–Crippen LogP) is 5.03. The number of halogens is 3. The number of alkyl halides is 3. The van der Waals surface area contributed by atoms with Gasteiger partial charge in [-0.25, -0.2) is 9.67 Å². The summed E-state index contributed by atoms with van der Waals surface area (Å²) < 4.78 is 43.9. The first-order chi connectivity index (χ1) is 15.4. The minimum Gasteiger partial charge on any atom is -0.484 e. The lowest BCUT2D eigenvalue weighted by Gasteiger charge is -2.10. The Labute approximate surface area is 180 Å². The number of nitrogens with zero attached hydrogens (tertiary/aromatic N) is 5. The topological polar surface area (TPSA) is 65.7 Å². The standard InChI is InChI=1S/C23H16F3N5O/c24-23(25,26)14-32-18-5-1-3-17(12-18)20-8-9-21-22(28-20)31(30-29-21)13-15-6-7-19-16(11-15)4-2-10-27-19/h1-12H,13-14H2. The number of rotatable bonds is 5. The molecule has 0 saturated carbocycles. The van der Waals surface area contributed by atoms with E-state index in [1.807, 2.05) is 30.3 Å². The van der Waals surface area contributed by atoms with Crippen LogP contribution in [0.3, 0.4) is 0 Å². The van der Waals surface area contributed by atoms with Crippen LogP contribution >= 0.6 is 0 Å². The SMILES string of the molecule is FC(F)(F)COc1cccc(-c2ccc3nnn(Cc4ccc5ncccc5c4)c3n2)c1. The molecule has 0 unspecified atom stereocenters. The van der Waals surface area contributed by atoms with Crippen LogP contribution < -0.4 is 4.74 Å². The highest BCUT2D eigenvalue weighted by Crippen LogP contribution is 2.26. The normalized spacial score (nSPS) is 11.8. The zero-order valence-corrected chi connectivity index (χ0v) is 16.6. The molecule has 0 aliphatic heterocycles. The van der Waals surface area contributed by atoms with Crippen molar-refractivity contribution in [3.8, 4) is 17.0 Å². The molecule has 0 amide bonds. The monoisotopic (exact) mass is 435 g/mol. The van der Waals surface area contributed by atoms with Crippen LogP contribution in [0, 0.1) is 0 Å². The molecule has 32 heavy (non-hydrogen) atoms. The number of hydrogen-bond acceptors (Lipinski definition) is 5. The minimum atomic E-state index is -4.40. The van der Waals surface area contributed by atoms with Gasteiger partial charge in [0.2, 0.25) is 0 Å². The molecule has 5 rings (SSSR count). The van der Waals surface area contributed by atoms with Crippen molar-refractivity contribution in [3.63, 3.8) is 0 Å². The van der Waals surface area contributed by atoms with Gasteiger partial charge in [0, 0.05) is 17.1 Å². The number of aromatic nitrogens is 5. The summed E-state index contributed by atoms with van der Waals surface area (Å²) >= 11 is 0. The zero-order valence-electron chi connectivity index (χ0n) is 16.6. The molecule has 6 nitrogen and oxygen atoms in total. The first-order valence-electron chi connectivity index (χ1n) is 9.78. The first-order valence-corrected chi connectivity index (χ1v) is 9.78. The third-order valence-electron chi connectivity index (χ3n) is 4.89. The number of fused-ring (bicyclic) bond motifs is 2. The van der Waals surface area contributed by atoms with Gasteiger partial charge in [-0.05, 0) is 48.0 Å². The molecule has 0 atom stereocenters. The number of pyridine rings is 2. The van der Waals surface area contributed by atoms with Crippen LogP contribution in [0.15, 0.2) is 72.9 Å². The summed E-state index contributed by atoms with van der Waals surface area (Å²) in [5.74, 6) is 0.123. The summed E-state index contributed by atoms with van der Waals surface area (Å²) in [6.07, 6.45) is -2.65. The molecule has 9 heteroatoms. The van der Waals surface area contributed by atoms with Gasteiger partial charge >= 0.3 is 6.18 Å². The van der Waals surface area contributed by atoms with Gasteiger partial charge in [-0.1, -0.05) is 29.5 Å². The first kappa shape index (κ1) is 19.9. The van der Waals surface area contributed by atoms with Gasteiger partial charge in [0.15, 0.2) is 12.3 Å². The second kappa shape index (κ2) is 7.92. The van der Waals surface area contributed by atoms with Crippen molar-refractivity contribution in [2.24, 2.45) is 0 Å². The van der Waals surface area contributed by atoms with Crippen LogP contribution in [0.5, 0.6) is 5.75 Å². The van der Waals surface area contributed by atoms with Crippen LogP contribution in [0.25, 0.3) is 33.3 Å².